The van der Waals surface area contributed by atoms with Crippen molar-refractivity contribution in [2.75, 3.05) is 13.7 Å². The summed E-state index contributed by atoms with van der Waals surface area (Å²) >= 11 is 6.19. The van der Waals surface area contributed by atoms with Crippen LogP contribution in [0.1, 0.15) is 30.9 Å². The zero-order valence-electron chi connectivity index (χ0n) is 11.3. The first-order chi connectivity index (χ1) is 9.51. The van der Waals surface area contributed by atoms with Crippen molar-refractivity contribution >= 4 is 17.6 Å². The zero-order valence-corrected chi connectivity index (χ0v) is 12.0. The van der Waals surface area contributed by atoms with Gasteiger partial charge in [-0.1, -0.05) is 11.6 Å². The molecular weight excluding hydrogens is 282 g/mol. The lowest BCUT2D eigenvalue weighted by Crippen LogP contribution is -2.15. The number of ether oxygens (including phenoxy) is 2. The van der Waals surface area contributed by atoms with Gasteiger partial charge in [-0.15, -0.1) is 0 Å². The van der Waals surface area contributed by atoms with Crippen LogP contribution >= 0.6 is 11.6 Å². The van der Waals surface area contributed by atoms with Crippen molar-refractivity contribution < 1.29 is 19.4 Å². The molecule has 3 N–H and O–H groups in total. The molecule has 0 aliphatic heterocycles. The molecule has 2 rings (SSSR count). The number of hydrogen-bond acceptors (Lipinski definition) is 4. The van der Waals surface area contributed by atoms with Crippen LogP contribution in [0, 0.1) is 5.92 Å². The van der Waals surface area contributed by atoms with Gasteiger partial charge >= 0.3 is 5.97 Å². The highest BCUT2D eigenvalue weighted by Crippen LogP contribution is 2.39. The topological polar surface area (TPSA) is 81.8 Å². The average molecular weight is 300 g/mol. The second kappa shape index (κ2) is 6.33. The molecule has 5 nitrogen and oxygen atoms in total. The highest BCUT2D eigenvalue weighted by molar-refractivity contribution is 6.32. The van der Waals surface area contributed by atoms with Crippen LogP contribution in [0.15, 0.2) is 12.1 Å². The number of aliphatic carboxylic acids is 1. The van der Waals surface area contributed by atoms with E-state index in [4.69, 9.17) is 31.9 Å². The van der Waals surface area contributed by atoms with E-state index in [-0.39, 0.29) is 6.42 Å². The van der Waals surface area contributed by atoms with Gasteiger partial charge in [-0.3, -0.25) is 4.79 Å². The second-order valence-corrected chi connectivity index (χ2v) is 5.40. The number of methoxy groups -OCH3 is 1. The lowest BCUT2D eigenvalue weighted by atomic mass is 10.0. The first-order valence-electron chi connectivity index (χ1n) is 6.49. The van der Waals surface area contributed by atoms with Crippen LogP contribution in [0.5, 0.6) is 11.5 Å². The van der Waals surface area contributed by atoms with Crippen molar-refractivity contribution in [1.82, 2.24) is 0 Å². The molecule has 1 aliphatic carbocycles. The third-order valence-electron chi connectivity index (χ3n) is 3.23. The molecule has 0 amide bonds. The van der Waals surface area contributed by atoms with Crippen LogP contribution in [-0.4, -0.2) is 24.8 Å². The minimum atomic E-state index is -0.957. The maximum Gasteiger partial charge on any atom is 0.305 e. The Hall–Kier alpha value is -1.46. The van der Waals surface area contributed by atoms with Gasteiger partial charge in [-0.2, -0.15) is 0 Å². The Morgan fingerprint density at radius 1 is 1.55 bits per heavy atom. The van der Waals surface area contributed by atoms with Crippen molar-refractivity contribution in [2.24, 2.45) is 11.7 Å². The Labute approximate surface area is 122 Å². The Morgan fingerprint density at radius 2 is 2.25 bits per heavy atom. The van der Waals surface area contributed by atoms with Crippen molar-refractivity contribution in [3.63, 3.8) is 0 Å². The van der Waals surface area contributed by atoms with Crippen LogP contribution in [0.25, 0.3) is 0 Å². The summed E-state index contributed by atoms with van der Waals surface area (Å²) in [4.78, 5) is 10.7. The second-order valence-electron chi connectivity index (χ2n) is 4.99. The van der Waals surface area contributed by atoms with Gasteiger partial charge in [0.2, 0.25) is 0 Å². The van der Waals surface area contributed by atoms with Crippen molar-refractivity contribution in [2.45, 2.75) is 25.3 Å². The largest absolute Gasteiger partial charge is 0.493 e. The van der Waals surface area contributed by atoms with E-state index in [2.05, 4.69) is 0 Å². The molecule has 0 saturated heterocycles. The first-order valence-corrected chi connectivity index (χ1v) is 6.86. The van der Waals surface area contributed by atoms with Crippen molar-refractivity contribution in [3.05, 3.63) is 22.7 Å². The van der Waals surface area contributed by atoms with E-state index in [0.717, 1.165) is 0 Å². The molecular formula is C14H18ClNO4. The fourth-order valence-electron chi connectivity index (χ4n) is 1.89. The molecule has 1 aromatic rings. The normalized spacial score (nSPS) is 15.8. The fourth-order valence-corrected chi connectivity index (χ4v) is 2.16. The molecule has 0 spiro atoms. The number of halogens is 1. The molecule has 0 radical (unpaired) electrons. The smallest absolute Gasteiger partial charge is 0.305 e. The number of hydrogen-bond donors (Lipinski definition) is 2. The predicted octanol–water partition coefficient (Wildman–Crippen LogP) is 2.61. The quantitative estimate of drug-likeness (QED) is 0.809. The van der Waals surface area contributed by atoms with Crippen molar-refractivity contribution in [3.8, 4) is 11.5 Å². The predicted molar refractivity (Wildman–Crippen MR) is 75.4 cm³/mol. The van der Waals surface area contributed by atoms with E-state index in [9.17, 15) is 4.79 Å². The molecule has 1 unspecified atom stereocenters. The fraction of sp³-hybridized carbons (Fsp3) is 0.500. The summed E-state index contributed by atoms with van der Waals surface area (Å²) in [5.74, 6) is 0.618. The number of benzene rings is 1. The maximum atomic E-state index is 10.7. The summed E-state index contributed by atoms with van der Waals surface area (Å²) in [5.41, 5.74) is 6.45. The summed E-state index contributed by atoms with van der Waals surface area (Å²) in [6.45, 7) is 0.622. The minimum Gasteiger partial charge on any atom is -0.493 e. The standard InChI is InChI=1S/C14H18ClNO4/c1-19-12-5-9(11(16)6-13(17)18)4-10(15)14(12)20-7-8-2-3-8/h4-5,8,11H,2-3,6-7,16H2,1H3,(H,17,18). The van der Waals surface area contributed by atoms with E-state index in [1.165, 1.54) is 20.0 Å². The third kappa shape index (κ3) is 3.77. The molecule has 1 aliphatic rings. The van der Waals surface area contributed by atoms with Crippen LogP contribution < -0.4 is 15.2 Å². The van der Waals surface area contributed by atoms with Crippen LogP contribution in [0.3, 0.4) is 0 Å². The van der Waals surface area contributed by atoms with E-state index < -0.39 is 12.0 Å². The van der Waals surface area contributed by atoms with Gasteiger partial charge in [0.25, 0.3) is 0 Å². The number of nitrogens with two attached hydrogens (primary N) is 1. The van der Waals surface area contributed by atoms with Gasteiger partial charge in [0, 0.05) is 6.04 Å². The summed E-state index contributed by atoms with van der Waals surface area (Å²) in [6.07, 6.45) is 2.20. The van der Waals surface area contributed by atoms with Crippen LogP contribution in [0.2, 0.25) is 5.02 Å². The maximum absolute atomic E-state index is 10.7. The average Bonchev–Trinajstić information content (AvgIpc) is 3.19. The van der Waals surface area contributed by atoms with E-state index >= 15 is 0 Å². The Bertz CT molecular complexity index is 502. The Balaban J connectivity index is 2.19. The van der Waals surface area contributed by atoms with E-state index in [0.29, 0.717) is 34.6 Å². The molecule has 1 fully saturated rings. The molecule has 0 bridgehead atoms. The highest BCUT2D eigenvalue weighted by atomic mass is 35.5. The monoisotopic (exact) mass is 299 g/mol. The van der Waals surface area contributed by atoms with Gasteiger partial charge in [0.05, 0.1) is 25.2 Å². The zero-order chi connectivity index (χ0) is 14.7. The molecule has 6 heteroatoms. The van der Waals surface area contributed by atoms with Gasteiger partial charge in [0.1, 0.15) is 0 Å². The summed E-state index contributed by atoms with van der Waals surface area (Å²) in [6, 6.07) is 2.69. The van der Waals surface area contributed by atoms with Gasteiger partial charge in [-0.05, 0) is 36.5 Å². The van der Waals surface area contributed by atoms with Gasteiger partial charge in [-0.25, -0.2) is 0 Å². The number of carboxylic acid groups (broad SMARTS) is 1. The first kappa shape index (κ1) is 14.9. The SMILES string of the molecule is COc1cc(C(N)CC(=O)O)cc(Cl)c1OCC1CC1. The Kier molecular flexibility index (Phi) is 4.73. The van der Waals surface area contributed by atoms with Gasteiger partial charge < -0.3 is 20.3 Å². The molecule has 0 heterocycles. The Morgan fingerprint density at radius 3 is 2.80 bits per heavy atom. The summed E-state index contributed by atoms with van der Waals surface area (Å²) < 4.78 is 10.9. The van der Waals surface area contributed by atoms with E-state index in [1.807, 2.05) is 0 Å². The van der Waals surface area contributed by atoms with Crippen LogP contribution in [-0.2, 0) is 4.79 Å². The number of rotatable bonds is 7. The van der Waals surface area contributed by atoms with Gasteiger partial charge in [0.15, 0.2) is 11.5 Å². The molecule has 1 aromatic carbocycles. The van der Waals surface area contributed by atoms with E-state index in [1.54, 1.807) is 12.1 Å². The summed E-state index contributed by atoms with van der Waals surface area (Å²) in [5, 5.41) is 9.17. The molecule has 0 aromatic heterocycles. The minimum absolute atomic E-state index is 0.165. The number of carbonyl (C=O) groups is 1. The lowest BCUT2D eigenvalue weighted by Gasteiger charge is -2.16. The van der Waals surface area contributed by atoms with Crippen LogP contribution in [0.4, 0.5) is 0 Å². The molecule has 110 valence electrons. The third-order valence-corrected chi connectivity index (χ3v) is 3.52. The lowest BCUT2D eigenvalue weighted by molar-refractivity contribution is -0.137. The number of carboxylic acids is 1. The molecule has 1 atom stereocenters. The van der Waals surface area contributed by atoms with Crippen molar-refractivity contribution in [1.29, 1.82) is 0 Å². The molecule has 1 saturated carbocycles. The summed E-state index contributed by atoms with van der Waals surface area (Å²) in [7, 11) is 1.52. The molecule has 20 heavy (non-hydrogen) atoms. The highest BCUT2D eigenvalue weighted by Gasteiger charge is 2.24.